The van der Waals surface area contributed by atoms with E-state index in [-0.39, 0.29) is 76.8 Å². The van der Waals surface area contributed by atoms with Crippen molar-refractivity contribution < 1.29 is 47.8 Å². The van der Waals surface area contributed by atoms with E-state index in [2.05, 4.69) is 5.16 Å². The van der Waals surface area contributed by atoms with Crippen LogP contribution >= 0.6 is 11.6 Å². The molecule has 13 heteroatoms. The van der Waals surface area contributed by atoms with Crippen LogP contribution in [0, 0.1) is 17.3 Å². The SMILES string of the molecule is CC(C)(C)OC(=O)Oc1c2c(c(O)c3ccc(CN(CCCCl)C(=O)C(C)(C)C)cc13)CC1C[C@H]3Cc4onc(OCc5ccccc5)c4C(=O)[C@]34OC4=C1C2=O. The first kappa shape index (κ1) is 38.5. The fourth-order valence-corrected chi connectivity index (χ4v) is 8.65. The number of ether oxygens (including phenoxy) is 4. The number of allylic oxidation sites excluding steroid dienone is 1. The summed E-state index contributed by atoms with van der Waals surface area (Å²) in [5.41, 5.74) is -0.546. The maximum Gasteiger partial charge on any atom is 0.514 e. The number of rotatable bonds is 9. The molecule has 4 aromatic rings. The van der Waals surface area contributed by atoms with E-state index in [1.54, 1.807) is 43.9 Å². The molecule has 3 aromatic carbocycles. The smallest absolute Gasteiger partial charge is 0.507 e. The van der Waals surface area contributed by atoms with Crippen LogP contribution in [0.5, 0.6) is 17.4 Å². The second-order valence-corrected chi connectivity index (χ2v) is 17.7. The number of carbonyl (C=O) groups excluding carboxylic acids is 4. The number of epoxide rings is 1. The first-order valence-corrected chi connectivity index (χ1v) is 19.8. The van der Waals surface area contributed by atoms with Crippen LogP contribution < -0.4 is 9.47 Å². The number of phenols is 1. The fourth-order valence-electron chi connectivity index (χ4n) is 8.53. The Labute approximate surface area is 335 Å². The molecule has 0 bridgehead atoms. The van der Waals surface area contributed by atoms with Crippen LogP contribution in [0.2, 0.25) is 0 Å². The van der Waals surface area contributed by atoms with Crippen LogP contribution in [0.25, 0.3) is 10.8 Å². The van der Waals surface area contributed by atoms with E-state index in [0.29, 0.717) is 59.5 Å². The number of carbonyl (C=O) groups is 4. The van der Waals surface area contributed by atoms with Gasteiger partial charge < -0.3 is 33.5 Å². The van der Waals surface area contributed by atoms with Crippen LogP contribution in [-0.2, 0) is 40.3 Å². The van der Waals surface area contributed by atoms with Crippen molar-refractivity contribution in [2.45, 2.75) is 91.6 Å². The summed E-state index contributed by atoms with van der Waals surface area (Å²) in [7, 11) is 0. The molecule has 12 nitrogen and oxygen atoms in total. The number of ketones is 2. The zero-order valence-electron chi connectivity index (χ0n) is 32.8. The van der Waals surface area contributed by atoms with E-state index in [0.717, 1.165) is 5.56 Å². The Bertz CT molecular complexity index is 2370. The predicted octanol–water partition coefficient (Wildman–Crippen LogP) is 8.27. The average molecular weight is 797 g/mol. The molecule has 1 unspecified atom stereocenters. The van der Waals surface area contributed by atoms with Crippen molar-refractivity contribution in [3.63, 3.8) is 0 Å². The number of hydrogen-bond acceptors (Lipinski definition) is 11. The van der Waals surface area contributed by atoms with Gasteiger partial charge in [-0.25, -0.2) is 4.79 Å². The molecule has 0 radical (unpaired) electrons. The van der Waals surface area contributed by atoms with Gasteiger partial charge >= 0.3 is 6.16 Å². The molecule has 57 heavy (non-hydrogen) atoms. The van der Waals surface area contributed by atoms with Crippen molar-refractivity contribution in [1.29, 1.82) is 0 Å². The Morgan fingerprint density at radius 1 is 1.00 bits per heavy atom. The summed E-state index contributed by atoms with van der Waals surface area (Å²) in [4.78, 5) is 57.9. The van der Waals surface area contributed by atoms with Crippen molar-refractivity contribution in [3.05, 3.63) is 93.4 Å². The monoisotopic (exact) mass is 796 g/mol. The number of benzene rings is 3. The van der Waals surface area contributed by atoms with E-state index in [1.165, 1.54) is 0 Å². The van der Waals surface area contributed by atoms with E-state index >= 15 is 0 Å². The van der Waals surface area contributed by atoms with Gasteiger partial charge in [-0.2, -0.15) is 0 Å². The largest absolute Gasteiger partial charge is 0.514 e. The van der Waals surface area contributed by atoms with E-state index in [4.69, 9.17) is 35.1 Å². The van der Waals surface area contributed by atoms with Gasteiger partial charge in [-0.3, -0.25) is 14.4 Å². The highest BCUT2D eigenvalue weighted by molar-refractivity contribution is 6.20. The van der Waals surface area contributed by atoms with E-state index in [1.807, 2.05) is 51.1 Å². The Balaban J connectivity index is 1.20. The summed E-state index contributed by atoms with van der Waals surface area (Å²) < 4.78 is 29.4. The molecule has 2 heterocycles. The highest BCUT2D eigenvalue weighted by Gasteiger charge is 2.72. The molecule has 8 rings (SSSR count). The Morgan fingerprint density at radius 2 is 1.75 bits per heavy atom. The highest BCUT2D eigenvalue weighted by Crippen LogP contribution is 2.63. The summed E-state index contributed by atoms with van der Waals surface area (Å²) in [6, 6.07) is 14.7. The lowest BCUT2D eigenvalue weighted by Gasteiger charge is -2.35. The number of aromatic nitrogens is 1. The van der Waals surface area contributed by atoms with Gasteiger partial charge in [0.1, 0.15) is 23.5 Å². The molecule has 1 amide bonds. The van der Waals surface area contributed by atoms with Gasteiger partial charge in [0.2, 0.25) is 17.3 Å². The van der Waals surface area contributed by atoms with Crippen LogP contribution in [0.15, 0.2) is 64.4 Å². The molecule has 3 atom stereocenters. The van der Waals surface area contributed by atoms with Crippen LogP contribution in [0.4, 0.5) is 4.79 Å². The summed E-state index contributed by atoms with van der Waals surface area (Å²) >= 11 is 6.02. The van der Waals surface area contributed by atoms with Crippen molar-refractivity contribution in [3.8, 4) is 17.4 Å². The average Bonchev–Trinajstić information content (AvgIpc) is 3.78. The molecule has 298 valence electrons. The third-order valence-corrected chi connectivity index (χ3v) is 11.3. The number of halogens is 1. The van der Waals surface area contributed by atoms with Gasteiger partial charge in [-0.1, -0.05) is 63.2 Å². The van der Waals surface area contributed by atoms with Crippen LogP contribution in [0.1, 0.15) is 97.6 Å². The highest BCUT2D eigenvalue weighted by atomic mass is 35.5. The first-order valence-electron chi connectivity index (χ1n) is 19.3. The molecular weight excluding hydrogens is 752 g/mol. The number of hydrogen-bond donors (Lipinski definition) is 1. The third kappa shape index (κ3) is 6.71. The van der Waals surface area contributed by atoms with Crippen molar-refractivity contribution in [2.24, 2.45) is 17.3 Å². The van der Waals surface area contributed by atoms with Gasteiger partial charge in [0.15, 0.2) is 23.1 Å². The number of alkyl halides is 1. The van der Waals surface area contributed by atoms with E-state index in [9.17, 15) is 24.3 Å². The van der Waals surface area contributed by atoms with Gasteiger partial charge in [0, 0.05) is 58.6 Å². The number of Topliss-reactive ketones (excluding diaryl/α,β-unsaturated/α-hetero) is 2. The Kier molecular flexibility index (Phi) is 9.41. The third-order valence-electron chi connectivity index (χ3n) is 11.1. The van der Waals surface area contributed by atoms with Gasteiger partial charge in [-0.15, -0.1) is 11.6 Å². The zero-order chi connectivity index (χ0) is 40.6. The molecular formula is C44H45ClN2O10. The van der Waals surface area contributed by atoms with Crippen LogP contribution in [-0.4, -0.2) is 62.4 Å². The number of fused-ring (bicyclic) bond motifs is 4. The number of aromatic hydroxyl groups is 1. The lowest BCUT2D eigenvalue weighted by atomic mass is 9.63. The summed E-state index contributed by atoms with van der Waals surface area (Å²) in [6.07, 6.45) is 0.512. The minimum Gasteiger partial charge on any atom is -0.507 e. The molecule has 1 saturated heterocycles. The second-order valence-electron chi connectivity index (χ2n) is 17.3. The van der Waals surface area contributed by atoms with Crippen molar-refractivity contribution in [2.75, 3.05) is 12.4 Å². The summed E-state index contributed by atoms with van der Waals surface area (Å²) in [5, 5.41) is 16.7. The summed E-state index contributed by atoms with van der Waals surface area (Å²) in [6.45, 7) is 11.4. The second kappa shape index (κ2) is 13.9. The molecule has 4 aliphatic rings. The van der Waals surface area contributed by atoms with E-state index < -0.39 is 34.5 Å². The lowest BCUT2D eigenvalue weighted by molar-refractivity contribution is -0.140. The molecule has 1 aliphatic heterocycles. The molecule has 1 aromatic heterocycles. The van der Waals surface area contributed by atoms with Gasteiger partial charge in [0.25, 0.3) is 5.88 Å². The van der Waals surface area contributed by atoms with Crippen molar-refractivity contribution in [1.82, 2.24) is 10.1 Å². The predicted molar refractivity (Wildman–Crippen MR) is 208 cm³/mol. The topological polar surface area (TPSA) is 158 Å². The van der Waals surface area contributed by atoms with Crippen molar-refractivity contribution >= 4 is 46.0 Å². The Hall–Kier alpha value is -5.36. The number of nitrogens with zero attached hydrogens (tertiary/aromatic N) is 2. The minimum atomic E-state index is -1.38. The van der Waals surface area contributed by atoms with Gasteiger partial charge in [-0.05, 0) is 68.3 Å². The quantitative estimate of drug-likeness (QED) is 0.0752. The molecule has 3 aliphatic carbocycles. The maximum atomic E-state index is 14.9. The number of phenolic OH excluding ortho intramolecular Hbond substituents is 1. The Morgan fingerprint density at radius 3 is 2.46 bits per heavy atom. The first-order chi connectivity index (χ1) is 27.0. The molecule has 1 N–H and O–H groups in total. The molecule has 0 saturated carbocycles. The fraction of sp³-hybridized carbons (Fsp3) is 0.432. The molecule has 1 fully saturated rings. The minimum absolute atomic E-state index is 0.00330. The van der Waals surface area contributed by atoms with Crippen LogP contribution in [0.3, 0.4) is 0 Å². The zero-order valence-corrected chi connectivity index (χ0v) is 33.6. The maximum absolute atomic E-state index is 14.9. The number of amides is 1. The summed E-state index contributed by atoms with van der Waals surface area (Å²) in [5.74, 6) is -0.767. The lowest BCUT2D eigenvalue weighted by Crippen LogP contribution is -2.44. The van der Waals surface area contributed by atoms with Gasteiger partial charge in [0.05, 0.1) is 5.56 Å². The molecule has 1 spiro atoms. The normalized spacial score (nSPS) is 20.8. The standard InChI is InChI=1S/C44H45ClN2O10/c1-42(2,3)40(51)47(16-10-15-45)21-24-13-14-27-28(17-24)36(54-41(52)56-43(4,5)6)32-29(34(27)48)19-25-18-26-20-30-33(37(50)44(26)38(55-44)31(25)35(32)49)39(46-57-30)53-22-23-11-8-7-9-12-23/h7-9,11-14,17,25-26,48H,10,15-16,18-22H2,1-6H3/t25?,26-,44+/m0/s1.